The average molecular weight is 378 g/mol. The van der Waals surface area contributed by atoms with Crippen LogP contribution in [0.1, 0.15) is 18.1 Å². The lowest BCUT2D eigenvalue weighted by Crippen LogP contribution is -2.31. The van der Waals surface area contributed by atoms with Gasteiger partial charge >= 0.3 is 0 Å². The SMILES string of the molecule is CCNC(=S)N/N=C\c1ccc(OCc2ccccc2Cl)c(OC)c1. The minimum Gasteiger partial charge on any atom is -0.493 e. The Kier molecular flexibility index (Phi) is 7.50. The summed E-state index contributed by atoms with van der Waals surface area (Å²) >= 11 is 11.2. The van der Waals surface area contributed by atoms with Crippen LogP contribution in [0.4, 0.5) is 0 Å². The molecule has 5 nitrogen and oxygen atoms in total. The van der Waals surface area contributed by atoms with Gasteiger partial charge in [0.05, 0.1) is 13.3 Å². The molecule has 0 saturated carbocycles. The smallest absolute Gasteiger partial charge is 0.186 e. The maximum atomic E-state index is 6.14. The highest BCUT2D eigenvalue weighted by molar-refractivity contribution is 7.80. The number of nitrogens with one attached hydrogen (secondary N) is 2. The standard InChI is InChI=1S/C18H20ClN3O2S/c1-3-20-18(25)22-21-11-13-8-9-16(17(10-13)23-2)24-12-14-6-4-5-7-15(14)19/h4-11H,3,12H2,1-2H3,(H2,20,22,25)/b21-11-. The number of benzene rings is 2. The second-order valence-corrected chi connectivity index (χ2v) is 5.84. The molecule has 2 N–H and O–H groups in total. The summed E-state index contributed by atoms with van der Waals surface area (Å²) in [6.45, 7) is 3.07. The van der Waals surface area contributed by atoms with Crippen molar-refractivity contribution in [3.8, 4) is 11.5 Å². The van der Waals surface area contributed by atoms with E-state index in [0.29, 0.717) is 28.2 Å². The predicted octanol–water partition coefficient (Wildman–Crippen LogP) is 3.75. The fourth-order valence-corrected chi connectivity index (χ4v) is 2.41. The van der Waals surface area contributed by atoms with E-state index in [2.05, 4.69) is 15.8 Å². The summed E-state index contributed by atoms with van der Waals surface area (Å²) < 4.78 is 11.2. The van der Waals surface area contributed by atoms with Gasteiger partial charge in [0.2, 0.25) is 0 Å². The van der Waals surface area contributed by atoms with Gasteiger partial charge in [0.25, 0.3) is 0 Å². The monoisotopic (exact) mass is 377 g/mol. The molecule has 0 heterocycles. The molecule has 132 valence electrons. The van der Waals surface area contributed by atoms with Crippen LogP contribution >= 0.6 is 23.8 Å². The first kappa shape index (κ1) is 19.0. The lowest BCUT2D eigenvalue weighted by atomic mass is 10.2. The zero-order valence-electron chi connectivity index (χ0n) is 14.1. The van der Waals surface area contributed by atoms with Crippen molar-refractivity contribution < 1.29 is 9.47 Å². The molecule has 2 rings (SSSR count). The molecule has 0 amide bonds. The van der Waals surface area contributed by atoms with Crippen molar-refractivity contribution in [3.05, 3.63) is 58.6 Å². The summed E-state index contributed by atoms with van der Waals surface area (Å²) in [6, 6.07) is 13.1. The lowest BCUT2D eigenvalue weighted by molar-refractivity contribution is 0.284. The van der Waals surface area contributed by atoms with Gasteiger partial charge < -0.3 is 14.8 Å². The third kappa shape index (κ3) is 5.92. The van der Waals surface area contributed by atoms with E-state index in [0.717, 1.165) is 17.7 Å². The lowest BCUT2D eigenvalue weighted by Gasteiger charge is -2.12. The van der Waals surface area contributed by atoms with Crippen molar-refractivity contribution in [1.29, 1.82) is 0 Å². The fraction of sp³-hybridized carbons (Fsp3) is 0.222. The summed E-state index contributed by atoms with van der Waals surface area (Å²) in [5.41, 5.74) is 4.51. The number of thiocarbonyl (C=S) groups is 1. The van der Waals surface area contributed by atoms with Crippen LogP contribution in [-0.2, 0) is 6.61 Å². The van der Waals surface area contributed by atoms with Gasteiger partial charge in [0, 0.05) is 17.1 Å². The van der Waals surface area contributed by atoms with Gasteiger partial charge in [0.1, 0.15) is 6.61 Å². The normalized spacial score (nSPS) is 10.5. The molecule has 0 aliphatic rings. The first-order valence-electron chi connectivity index (χ1n) is 7.75. The highest BCUT2D eigenvalue weighted by atomic mass is 35.5. The molecule has 0 fully saturated rings. The van der Waals surface area contributed by atoms with E-state index >= 15 is 0 Å². The van der Waals surface area contributed by atoms with Crippen LogP contribution in [0.3, 0.4) is 0 Å². The van der Waals surface area contributed by atoms with Crippen molar-refractivity contribution in [1.82, 2.24) is 10.7 Å². The van der Waals surface area contributed by atoms with E-state index in [1.54, 1.807) is 13.3 Å². The van der Waals surface area contributed by atoms with Gasteiger partial charge in [-0.2, -0.15) is 5.10 Å². The Morgan fingerprint density at radius 1 is 1.24 bits per heavy atom. The highest BCUT2D eigenvalue weighted by Crippen LogP contribution is 2.29. The van der Waals surface area contributed by atoms with Gasteiger partial charge in [-0.15, -0.1) is 0 Å². The third-order valence-electron chi connectivity index (χ3n) is 3.25. The van der Waals surface area contributed by atoms with Crippen molar-refractivity contribution in [2.45, 2.75) is 13.5 Å². The molecular weight excluding hydrogens is 358 g/mol. The molecule has 7 heteroatoms. The summed E-state index contributed by atoms with van der Waals surface area (Å²) in [7, 11) is 1.59. The van der Waals surface area contributed by atoms with E-state index in [4.69, 9.17) is 33.3 Å². The van der Waals surface area contributed by atoms with Crippen LogP contribution in [-0.4, -0.2) is 25.0 Å². The Balaban J connectivity index is 2.02. The molecule has 2 aromatic rings. The highest BCUT2D eigenvalue weighted by Gasteiger charge is 2.07. The van der Waals surface area contributed by atoms with Crippen molar-refractivity contribution in [2.24, 2.45) is 5.10 Å². The Morgan fingerprint density at radius 2 is 2.04 bits per heavy atom. The van der Waals surface area contributed by atoms with E-state index in [1.165, 1.54) is 0 Å². The van der Waals surface area contributed by atoms with Crippen molar-refractivity contribution in [2.75, 3.05) is 13.7 Å². The van der Waals surface area contributed by atoms with Gasteiger partial charge in [-0.3, -0.25) is 5.43 Å². The zero-order valence-corrected chi connectivity index (χ0v) is 15.7. The Hall–Kier alpha value is -2.31. The average Bonchev–Trinajstić information content (AvgIpc) is 2.62. The first-order valence-corrected chi connectivity index (χ1v) is 8.53. The van der Waals surface area contributed by atoms with Crippen LogP contribution in [0.2, 0.25) is 5.02 Å². The minimum absolute atomic E-state index is 0.363. The molecule has 0 unspecified atom stereocenters. The van der Waals surface area contributed by atoms with Crippen LogP contribution in [0, 0.1) is 0 Å². The zero-order chi connectivity index (χ0) is 18.1. The second-order valence-electron chi connectivity index (χ2n) is 5.02. The maximum Gasteiger partial charge on any atom is 0.186 e. The summed E-state index contributed by atoms with van der Waals surface area (Å²) in [6.07, 6.45) is 1.66. The molecule has 0 bridgehead atoms. The summed E-state index contributed by atoms with van der Waals surface area (Å²) in [4.78, 5) is 0. The number of hydrogen-bond acceptors (Lipinski definition) is 4. The Morgan fingerprint density at radius 3 is 2.76 bits per heavy atom. The van der Waals surface area contributed by atoms with Gasteiger partial charge in [-0.05, 0) is 49.0 Å². The first-order chi connectivity index (χ1) is 12.1. The second kappa shape index (κ2) is 9.86. The predicted molar refractivity (Wildman–Crippen MR) is 106 cm³/mol. The Labute approximate surface area is 158 Å². The largest absolute Gasteiger partial charge is 0.493 e. The third-order valence-corrected chi connectivity index (χ3v) is 3.85. The fourth-order valence-electron chi connectivity index (χ4n) is 2.02. The topological polar surface area (TPSA) is 54.9 Å². The van der Waals surface area contributed by atoms with E-state index in [-0.39, 0.29) is 0 Å². The molecule has 0 radical (unpaired) electrons. The van der Waals surface area contributed by atoms with Gasteiger partial charge in [-0.1, -0.05) is 29.8 Å². The molecule has 25 heavy (non-hydrogen) atoms. The number of hydrogen-bond donors (Lipinski definition) is 2. The van der Waals surface area contributed by atoms with Gasteiger partial charge in [0.15, 0.2) is 16.6 Å². The number of halogens is 1. The van der Waals surface area contributed by atoms with Crippen LogP contribution in [0.15, 0.2) is 47.6 Å². The van der Waals surface area contributed by atoms with E-state index in [9.17, 15) is 0 Å². The van der Waals surface area contributed by atoms with Crippen LogP contribution in [0.5, 0.6) is 11.5 Å². The Bertz CT molecular complexity index is 753. The van der Waals surface area contributed by atoms with Crippen LogP contribution in [0.25, 0.3) is 0 Å². The van der Waals surface area contributed by atoms with E-state index < -0.39 is 0 Å². The number of hydrazone groups is 1. The van der Waals surface area contributed by atoms with E-state index in [1.807, 2.05) is 49.4 Å². The number of nitrogens with zero attached hydrogens (tertiary/aromatic N) is 1. The van der Waals surface area contributed by atoms with Crippen molar-refractivity contribution >= 4 is 35.1 Å². The molecule has 2 aromatic carbocycles. The molecule has 0 spiro atoms. The molecule has 0 atom stereocenters. The number of rotatable bonds is 7. The number of ether oxygens (including phenoxy) is 2. The minimum atomic E-state index is 0.363. The maximum absolute atomic E-state index is 6.14. The summed E-state index contributed by atoms with van der Waals surface area (Å²) in [5.74, 6) is 1.25. The molecule has 0 aliphatic carbocycles. The molecule has 0 saturated heterocycles. The number of methoxy groups -OCH3 is 1. The quantitative estimate of drug-likeness (QED) is 0.437. The molecule has 0 aromatic heterocycles. The molecule has 0 aliphatic heterocycles. The van der Waals surface area contributed by atoms with Crippen LogP contribution < -0.4 is 20.2 Å². The van der Waals surface area contributed by atoms with Gasteiger partial charge in [-0.25, -0.2) is 0 Å². The van der Waals surface area contributed by atoms with Crippen molar-refractivity contribution in [3.63, 3.8) is 0 Å². The molecular formula is C18H20ClN3O2S. The summed E-state index contributed by atoms with van der Waals surface area (Å²) in [5, 5.41) is 8.18.